The fraction of sp³-hybridized carbons (Fsp3) is 0.750. The van der Waals surface area contributed by atoms with Crippen molar-refractivity contribution < 1.29 is 32.7 Å². The minimum Gasteiger partial charge on any atom is -0.480 e. The fourth-order valence-electron chi connectivity index (χ4n) is 2.42. The van der Waals surface area contributed by atoms with Crippen LogP contribution in [0.25, 0.3) is 0 Å². The number of carboxylic acids is 1. The molecule has 120 valence electrons. The van der Waals surface area contributed by atoms with Gasteiger partial charge in [0.2, 0.25) is 5.91 Å². The maximum Gasteiger partial charge on any atom is 0.471 e. The van der Waals surface area contributed by atoms with Gasteiger partial charge in [0.05, 0.1) is 0 Å². The standard InChI is InChI=1S/C12H17F3N2O4/c1-8(18)17(7-10(19)20)9-3-2-5-16(6-4-9)11(21)12(13,14)15/h9H,2-7H2,1H3,(H,19,20). The Morgan fingerprint density at radius 2 is 1.86 bits per heavy atom. The second-order valence-corrected chi connectivity index (χ2v) is 4.92. The van der Waals surface area contributed by atoms with E-state index < -0.39 is 36.5 Å². The first-order valence-corrected chi connectivity index (χ1v) is 6.48. The maximum absolute atomic E-state index is 12.4. The van der Waals surface area contributed by atoms with Gasteiger partial charge in [-0.2, -0.15) is 13.2 Å². The lowest BCUT2D eigenvalue weighted by Gasteiger charge is -2.29. The van der Waals surface area contributed by atoms with Crippen molar-refractivity contribution in [2.24, 2.45) is 0 Å². The number of nitrogens with zero attached hydrogens (tertiary/aromatic N) is 2. The Kier molecular flexibility index (Phi) is 5.56. The highest BCUT2D eigenvalue weighted by molar-refractivity contribution is 5.82. The summed E-state index contributed by atoms with van der Waals surface area (Å²) in [6.45, 7) is 0.528. The summed E-state index contributed by atoms with van der Waals surface area (Å²) in [5, 5.41) is 8.77. The van der Waals surface area contributed by atoms with Crippen molar-refractivity contribution >= 4 is 17.8 Å². The van der Waals surface area contributed by atoms with Gasteiger partial charge in [-0.3, -0.25) is 14.4 Å². The highest BCUT2D eigenvalue weighted by Gasteiger charge is 2.43. The summed E-state index contributed by atoms with van der Waals surface area (Å²) in [6.07, 6.45) is -4.12. The van der Waals surface area contributed by atoms with Crippen LogP contribution in [0.4, 0.5) is 13.2 Å². The number of amides is 2. The summed E-state index contributed by atoms with van der Waals surface area (Å²) >= 11 is 0. The van der Waals surface area contributed by atoms with E-state index in [0.29, 0.717) is 11.3 Å². The van der Waals surface area contributed by atoms with Crippen LogP contribution < -0.4 is 0 Å². The Morgan fingerprint density at radius 1 is 1.24 bits per heavy atom. The first-order chi connectivity index (χ1) is 9.62. The zero-order valence-corrected chi connectivity index (χ0v) is 11.5. The van der Waals surface area contributed by atoms with E-state index in [1.54, 1.807) is 0 Å². The van der Waals surface area contributed by atoms with Gasteiger partial charge in [0.1, 0.15) is 6.54 Å². The number of hydrogen-bond acceptors (Lipinski definition) is 3. The zero-order chi connectivity index (χ0) is 16.2. The topological polar surface area (TPSA) is 77.9 Å². The summed E-state index contributed by atoms with van der Waals surface area (Å²) in [5.41, 5.74) is 0. The number of carbonyl (C=O) groups is 3. The molecule has 0 saturated carbocycles. The average Bonchev–Trinajstić information content (AvgIpc) is 2.58. The van der Waals surface area contributed by atoms with E-state index in [2.05, 4.69) is 0 Å². The van der Waals surface area contributed by atoms with Crippen molar-refractivity contribution in [2.75, 3.05) is 19.6 Å². The lowest BCUT2D eigenvalue weighted by Crippen LogP contribution is -2.44. The van der Waals surface area contributed by atoms with Crippen molar-refractivity contribution in [3.8, 4) is 0 Å². The van der Waals surface area contributed by atoms with Crippen molar-refractivity contribution in [1.29, 1.82) is 0 Å². The molecule has 0 spiro atoms. The molecule has 0 radical (unpaired) electrons. The molecule has 1 aliphatic heterocycles. The van der Waals surface area contributed by atoms with Gasteiger partial charge >= 0.3 is 18.1 Å². The summed E-state index contributed by atoms with van der Waals surface area (Å²) in [7, 11) is 0. The largest absolute Gasteiger partial charge is 0.480 e. The number of likely N-dealkylation sites (tertiary alicyclic amines) is 1. The third kappa shape index (κ3) is 4.91. The van der Waals surface area contributed by atoms with Gasteiger partial charge in [-0.1, -0.05) is 0 Å². The molecule has 0 bridgehead atoms. The summed E-state index contributed by atoms with van der Waals surface area (Å²) in [5.74, 6) is -3.52. The lowest BCUT2D eigenvalue weighted by atomic mass is 10.1. The van der Waals surface area contributed by atoms with Gasteiger partial charge < -0.3 is 14.9 Å². The maximum atomic E-state index is 12.4. The molecule has 21 heavy (non-hydrogen) atoms. The van der Waals surface area contributed by atoms with Crippen molar-refractivity contribution in [2.45, 2.75) is 38.4 Å². The van der Waals surface area contributed by atoms with Crippen molar-refractivity contribution in [3.63, 3.8) is 0 Å². The van der Waals surface area contributed by atoms with E-state index in [-0.39, 0.29) is 25.9 Å². The summed E-state index contributed by atoms with van der Waals surface area (Å²) in [6, 6.07) is -0.468. The summed E-state index contributed by atoms with van der Waals surface area (Å²) in [4.78, 5) is 35.2. The number of carbonyl (C=O) groups excluding carboxylic acids is 2. The molecular weight excluding hydrogens is 293 g/mol. The molecule has 0 aromatic rings. The molecule has 0 aromatic heterocycles. The van der Waals surface area contributed by atoms with Crippen LogP contribution in [-0.2, 0) is 14.4 Å². The highest BCUT2D eigenvalue weighted by Crippen LogP contribution is 2.23. The lowest BCUT2D eigenvalue weighted by molar-refractivity contribution is -0.185. The number of alkyl halides is 3. The van der Waals surface area contributed by atoms with E-state index in [4.69, 9.17) is 5.11 Å². The zero-order valence-electron chi connectivity index (χ0n) is 11.5. The SMILES string of the molecule is CC(=O)N(CC(=O)O)C1CCCN(C(=O)C(F)(F)F)CC1. The highest BCUT2D eigenvalue weighted by atomic mass is 19.4. The van der Waals surface area contributed by atoms with Crippen molar-refractivity contribution in [1.82, 2.24) is 9.80 Å². The number of hydrogen-bond donors (Lipinski definition) is 1. The fourth-order valence-corrected chi connectivity index (χ4v) is 2.42. The Labute approximate surface area is 119 Å². The molecule has 1 fully saturated rings. The summed E-state index contributed by atoms with van der Waals surface area (Å²) < 4.78 is 37.2. The monoisotopic (exact) mass is 310 g/mol. The molecule has 1 saturated heterocycles. The number of aliphatic carboxylic acids is 1. The Bertz CT molecular complexity index is 425. The van der Waals surface area contributed by atoms with Crippen LogP contribution in [-0.4, -0.2) is 64.5 Å². The van der Waals surface area contributed by atoms with Crippen LogP contribution in [0.2, 0.25) is 0 Å². The molecule has 9 heteroatoms. The molecule has 6 nitrogen and oxygen atoms in total. The third-order valence-electron chi connectivity index (χ3n) is 3.38. The molecule has 1 rings (SSSR count). The molecule has 1 aliphatic rings. The van der Waals surface area contributed by atoms with Crippen LogP contribution >= 0.6 is 0 Å². The van der Waals surface area contributed by atoms with Crippen LogP contribution in [0.1, 0.15) is 26.2 Å². The predicted octanol–water partition coefficient (Wildman–Crippen LogP) is 0.863. The Hall–Kier alpha value is -1.80. The smallest absolute Gasteiger partial charge is 0.471 e. The van der Waals surface area contributed by atoms with Crippen LogP contribution in [0, 0.1) is 0 Å². The van der Waals surface area contributed by atoms with E-state index in [1.807, 2.05) is 0 Å². The van der Waals surface area contributed by atoms with Crippen molar-refractivity contribution in [3.05, 3.63) is 0 Å². The van der Waals surface area contributed by atoms with Gasteiger partial charge in [-0.25, -0.2) is 0 Å². The predicted molar refractivity (Wildman–Crippen MR) is 65.3 cm³/mol. The molecule has 1 N–H and O–H groups in total. The minimum absolute atomic E-state index is 0.0480. The van der Waals surface area contributed by atoms with Crippen LogP contribution in [0.5, 0.6) is 0 Å². The molecule has 2 amide bonds. The van der Waals surface area contributed by atoms with E-state index in [0.717, 1.165) is 4.90 Å². The number of halogens is 3. The molecule has 0 aromatic carbocycles. The second kappa shape index (κ2) is 6.77. The number of rotatable bonds is 3. The molecule has 1 atom stereocenters. The van der Waals surface area contributed by atoms with Gasteiger partial charge in [0.15, 0.2) is 0 Å². The van der Waals surface area contributed by atoms with Gasteiger partial charge in [-0.15, -0.1) is 0 Å². The van der Waals surface area contributed by atoms with E-state index in [1.165, 1.54) is 6.92 Å². The quantitative estimate of drug-likeness (QED) is 0.839. The van der Waals surface area contributed by atoms with E-state index in [9.17, 15) is 27.6 Å². The average molecular weight is 310 g/mol. The molecule has 0 aliphatic carbocycles. The van der Waals surface area contributed by atoms with Gasteiger partial charge in [-0.05, 0) is 19.3 Å². The van der Waals surface area contributed by atoms with E-state index >= 15 is 0 Å². The van der Waals surface area contributed by atoms with Gasteiger partial charge in [0, 0.05) is 26.1 Å². The molecule has 1 unspecified atom stereocenters. The van der Waals surface area contributed by atoms with Crippen LogP contribution in [0.15, 0.2) is 0 Å². The third-order valence-corrected chi connectivity index (χ3v) is 3.38. The minimum atomic E-state index is -4.92. The first-order valence-electron chi connectivity index (χ1n) is 6.48. The van der Waals surface area contributed by atoms with Gasteiger partial charge in [0.25, 0.3) is 0 Å². The number of carboxylic acid groups (broad SMARTS) is 1. The Balaban J connectivity index is 2.72. The Morgan fingerprint density at radius 3 is 2.33 bits per heavy atom. The first kappa shape index (κ1) is 17.3. The van der Waals surface area contributed by atoms with Crippen LogP contribution in [0.3, 0.4) is 0 Å². The normalized spacial score (nSPS) is 19.8. The second-order valence-electron chi connectivity index (χ2n) is 4.92. The molecular formula is C12H17F3N2O4. The molecule has 1 heterocycles.